The van der Waals surface area contributed by atoms with Gasteiger partial charge in [-0.2, -0.15) is 0 Å². The summed E-state index contributed by atoms with van der Waals surface area (Å²) in [5.74, 6) is 0. The molecule has 1 amide bonds. The fourth-order valence-corrected chi connectivity index (χ4v) is 1.17. The number of nitrogens with one attached hydrogen (secondary N) is 1. The summed E-state index contributed by atoms with van der Waals surface area (Å²) in [5.41, 5.74) is 2.38. The van der Waals surface area contributed by atoms with E-state index in [0.717, 1.165) is 0 Å². The van der Waals surface area contributed by atoms with Gasteiger partial charge in [-0.3, -0.25) is 10.3 Å². The number of aromatic nitrogens is 1. The Balaban J connectivity index is 0.000000187. The van der Waals surface area contributed by atoms with Crippen LogP contribution in [0.5, 0.6) is 0 Å². The molecule has 0 atom stereocenters. The normalized spacial score (nSPS) is 8.53. The van der Waals surface area contributed by atoms with E-state index in [4.69, 9.17) is 5.11 Å². The molecular formula is C10H10N2O2S. The molecule has 4 nitrogen and oxygen atoms in total. The van der Waals surface area contributed by atoms with Crippen molar-refractivity contribution in [1.29, 1.82) is 0 Å². The molecule has 5 heteroatoms. The summed E-state index contributed by atoms with van der Waals surface area (Å²) in [7, 11) is 0. The van der Waals surface area contributed by atoms with Crippen molar-refractivity contribution in [3.8, 4) is 0 Å². The zero-order chi connectivity index (χ0) is 10.9. The maximum Gasteiger partial charge on any atom is 0.409 e. The average molecular weight is 222 g/mol. The van der Waals surface area contributed by atoms with Crippen molar-refractivity contribution in [1.82, 2.24) is 4.98 Å². The highest BCUT2D eigenvalue weighted by atomic mass is 32.1. The molecule has 2 aromatic rings. The minimum atomic E-state index is -1.04. The van der Waals surface area contributed by atoms with Gasteiger partial charge in [0.1, 0.15) is 0 Å². The van der Waals surface area contributed by atoms with Crippen molar-refractivity contribution in [2.24, 2.45) is 0 Å². The topological polar surface area (TPSA) is 62.2 Å². The van der Waals surface area contributed by atoms with E-state index in [1.54, 1.807) is 47.3 Å². The minimum absolute atomic E-state index is 0.593. The molecule has 0 saturated carbocycles. The van der Waals surface area contributed by atoms with E-state index in [1.165, 1.54) is 0 Å². The number of hydrogen-bond acceptors (Lipinski definition) is 3. The van der Waals surface area contributed by atoms with Gasteiger partial charge in [0.05, 0.1) is 5.51 Å². The predicted octanol–water partition coefficient (Wildman–Crippen LogP) is 2.92. The van der Waals surface area contributed by atoms with E-state index in [1.807, 2.05) is 11.4 Å². The van der Waals surface area contributed by atoms with Crippen LogP contribution in [-0.2, 0) is 0 Å². The summed E-state index contributed by atoms with van der Waals surface area (Å²) < 4.78 is 0. The number of thiazole rings is 1. The van der Waals surface area contributed by atoms with E-state index >= 15 is 0 Å². The Morgan fingerprint density at radius 3 is 2.47 bits per heavy atom. The Morgan fingerprint density at radius 2 is 2.07 bits per heavy atom. The summed E-state index contributed by atoms with van der Waals surface area (Å²) in [6, 6.07) is 8.74. The number of carbonyl (C=O) groups is 1. The van der Waals surface area contributed by atoms with Gasteiger partial charge in [0.2, 0.25) is 0 Å². The molecular weight excluding hydrogens is 212 g/mol. The lowest BCUT2D eigenvalue weighted by molar-refractivity contribution is 0.210. The van der Waals surface area contributed by atoms with E-state index in [0.29, 0.717) is 5.69 Å². The minimum Gasteiger partial charge on any atom is -0.465 e. The molecule has 0 radical (unpaired) electrons. The Hall–Kier alpha value is -1.88. The zero-order valence-corrected chi connectivity index (χ0v) is 8.65. The molecule has 78 valence electrons. The van der Waals surface area contributed by atoms with Crippen LogP contribution >= 0.6 is 11.3 Å². The first kappa shape index (κ1) is 11.2. The van der Waals surface area contributed by atoms with Gasteiger partial charge < -0.3 is 5.11 Å². The second-order valence-electron chi connectivity index (χ2n) is 2.47. The molecule has 0 unspecified atom stereocenters. The van der Waals surface area contributed by atoms with Gasteiger partial charge in [-0.15, -0.1) is 11.3 Å². The molecule has 1 aromatic carbocycles. The van der Waals surface area contributed by atoms with Gasteiger partial charge in [0, 0.05) is 17.3 Å². The molecule has 0 fully saturated rings. The molecule has 0 aliphatic rings. The van der Waals surface area contributed by atoms with Gasteiger partial charge in [0.15, 0.2) is 0 Å². The van der Waals surface area contributed by atoms with Crippen LogP contribution in [0.1, 0.15) is 0 Å². The fourth-order valence-electron chi connectivity index (χ4n) is 0.821. The Bertz CT molecular complexity index is 358. The van der Waals surface area contributed by atoms with Crippen molar-refractivity contribution in [2.75, 3.05) is 5.32 Å². The average Bonchev–Trinajstić information content (AvgIpc) is 2.76. The molecule has 0 bridgehead atoms. The molecule has 1 heterocycles. The van der Waals surface area contributed by atoms with Crippen molar-refractivity contribution in [3.63, 3.8) is 0 Å². The highest BCUT2D eigenvalue weighted by Gasteiger charge is 1.93. The van der Waals surface area contributed by atoms with E-state index in [-0.39, 0.29) is 0 Å². The molecule has 15 heavy (non-hydrogen) atoms. The van der Waals surface area contributed by atoms with Gasteiger partial charge >= 0.3 is 6.09 Å². The summed E-state index contributed by atoms with van der Waals surface area (Å²) in [6.07, 6.45) is 0.733. The van der Waals surface area contributed by atoms with Crippen LogP contribution in [0, 0.1) is 0 Å². The number of benzene rings is 1. The quantitative estimate of drug-likeness (QED) is 0.779. The standard InChI is InChI=1S/C7H7NO2.C3H3NS/c9-7(10)8-6-4-2-1-3-5-6;1-2-5-3-4-1/h1-5,8H,(H,9,10);1-3H. The van der Waals surface area contributed by atoms with Crippen LogP contribution in [-0.4, -0.2) is 16.2 Å². The number of amides is 1. The van der Waals surface area contributed by atoms with E-state index < -0.39 is 6.09 Å². The monoisotopic (exact) mass is 222 g/mol. The maximum atomic E-state index is 10.1. The van der Waals surface area contributed by atoms with Gasteiger partial charge in [0.25, 0.3) is 0 Å². The fraction of sp³-hybridized carbons (Fsp3) is 0. The second kappa shape index (κ2) is 6.56. The molecule has 0 aliphatic heterocycles. The molecule has 1 aromatic heterocycles. The van der Waals surface area contributed by atoms with Crippen molar-refractivity contribution in [3.05, 3.63) is 47.4 Å². The Labute approximate surface area is 91.2 Å². The van der Waals surface area contributed by atoms with Crippen LogP contribution in [0.3, 0.4) is 0 Å². The summed E-state index contributed by atoms with van der Waals surface area (Å²) in [5, 5.41) is 12.4. The lowest BCUT2D eigenvalue weighted by atomic mass is 10.3. The lowest BCUT2D eigenvalue weighted by Crippen LogP contribution is -2.06. The first-order valence-electron chi connectivity index (χ1n) is 4.16. The maximum absolute atomic E-state index is 10.1. The molecule has 0 spiro atoms. The van der Waals surface area contributed by atoms with E-state index in [2.05, 4.69) is 10.3 Å². The number of rotatable bonds is 1. The van der Waals surface area contributed by atoms with Crippen LogP contribution in [0.25, 0.3) is 0 Å². The first-order valence-corrected chi connectivity index (χ1v) is 5.10. The Kier molecular flexibility index (Phi) is 4.89. The molecule has 0 saturated heterocycles. The number of anilines is 1. The van der Waals surface area contributed by atoms with Crippen LogP contribution < -0.4 is 5.32 Å². The smallest absolute Gasteiger partial charge is 0.409 e. The largest absolute Gasteiger partial charge is 0.465 e. The van der Waals surface area contributed by atoms with Crippen LogP contribution in [0.4, 0.5) is 10.5 Å². The number of hydrogen-bond donors (Lipinski definition) is 2. The highest BCUT2D eigenvalue weighted by molar-refractivity contribution is 7.07. The van der Waals surface area contributed by atoms with Gasteiger partial charge in [-0.05, 0) is 12.1 Å². The van der Waals surface area contributed by atoms with Crippen LogP contribution in [0.15, 0.2) is 47.4 Å². The highest BCUT2D eigenvalue weighted by Crippen LogP contribution is 2.03. The number of nitrogens with zero attached hydrogens (tertiary/aromatic N) is 1. The SMILES string of the molecule is O=C(O)Nc1ccccc1.c1cscn1. The van der Waals surface area contributed by atoms with Gasteiger partial charge in [-0.1, -0.05) is 18.2 Å². The Morgan fingerprint density at radius 1 is 1.33 bits per heavy atom. The molecule has 2 N–H and O–H groups in total. The van der Waals surface area contributed by atoms with Crippen molar-refractivity contribution < 1.29 is 9.90 Å². The summed E-state index contributed by atoms with van der Waals surface area (Å²) in [6.45, 7) is 0. The third-order valence-electron chi connectivity index (χ3n) is 1.37. The lowest BCUT2D eigenvalue weighted by Gasteiger charge is -1.96. The molecule has 2 rings (SSSR count). The predicted molar refractivity (Wildman–Crippen MR) is 60.2 cm³/mol. The summed E-state index contributed by atoms with van der Waals surface area (Å²) >= 11 is 1.60. The van der Waals surface area contributed by atoms with E-state index in [9.17, 15) is 4.79 Å². The third-order valence-corrected chi connectivity index (χ3v) is 1.89. The summed E-state index contributed by atoms with van der Waals surface area (Å²) in [4.78, 5) is 13.8. The van der Waals surface area contributed by atoms with Gasteiger partial charge in [-0.25, -0.2) is 4.79 Å². The van der Waals surface area contributed by atoms with Crippen molar-refractivity contribution in [2.45, 2.75) is 0 Å². The number of carboxylic acid groups (broad SMARTS) is 1. The number of para-hydroxylation sites is 1. The zero-order valence-electron chi connectivity index (χ0n) is 7.83. The first-order chi connectivity index (χ1) is 7.29. The second-order valence-corrected chi connectivity index (χ2v) is 3.23. The third kappa shape index (κ3) is 5.43. The molecule has 0 aliphatic carbocycles. The van der Waals surface area contributed by atoms with Crippen molar-refractivity contribution >= 4 is 23.1 Å². The van der Waals surface area contributed by atoms with Crippen LogP contribution in [0.2, 0.25) is 0 Å².